The van der Waals surface area contributed by atoms with Crippen molar-refractivity contribution in [1.29, 1.82) is 0 Å². The SMILES string of the molecule is Cc1cccc(CSCC(=O)NC2CCN(Cc3ccccc3)CC2)c1. The van der Waals surface area contributed by atoms with E-state index in [1.54, 1.807) is 11.8 Å². The van der Waals surface area contributed by atoms with Gasteiger partial charge in [0.25, 0.3) is 0 Å². The standard InChI is InChI=1S/C22H28N2OS/c1-18-6-5-9-20(14-18)16-26-17-22(25)23-21-10-12-24(13-11-21)15-19-7-3-2-4-8-19/h2-9,14,21H,10-13,15-17H2,1H3,(H,23,25). The number of nitrogens with zero attached hydrogens (tertiary/aromatic N) is 1. The van der Waals surface area contributed by atoms with Gasteiger partial charge in [0, 0.05) is 31.4 Å². The molecule has 0 atom stereocenters. The van der Waals surface area contributed by atoms with Crippen LogP contribution in [0, 0.1) is 6.92 Å². The summed E-state index contributed by atoms with van der Waals surface area (Å²) in [6.07, 6.45) is 2.09. The smallest absolute Gasteiger partial charge is 0.230 e. The van der Waals surface area contributed by atoms with Gasteiger partial charge in [0.15, 0.2) is 0 Å². The minimum atomic E-state index is 0.171. The number of benzene rings is 2. The molecule has 0 unspecified atom stereocenters. The zero-order chi connectivity index (χ0) is 18.2. The Bertz CT molecular complexity index is 696. The van der Waals surface area contributed by atoms with Crippen molar-refractivity contribution in [3.8, 4) is 0 Å². The second kappa shape index (κ2) is 9.79. The van der Waals surface area contributed by atoms with E-state index in [-0.39, 0.29) is 5.91 Å². The summed E-state index contributed by atoms with van der Waals surface area (Å²) >= 11 is 1.69. The molecule has 138 valence electrons. The summed E-state index contributed by atoms with van der Waals surface area (Å²) < 4.78 is 0. The number of likely N-dealkylation sites (tertiary alicyclic amines) is 1. The maximum atomic E-state index is 12.2. The molecule has 2 aromatic carbocycles. The first-order valence-electron chi connectivity index (χ1n) is 9.38. The number of carbonyl (C=O) groups is 1. The van der Waals surface area contributed by atoms with Crippen LogP contribution in [0.5, 0.6) is 0 Å². The molecule has 3 rings (SSSR count). The van der Waals surface area contributed by atoms with Gasteiger partial charge >= 0.3 is 0 Å². The first-order chi connectivity index (χ1) is 12.7. The molecule has 1 N–H and O–H groups in total. The number of rotatable bonds is 7. The van der Waals surface area contributed by atoms with Crippen LogP contribution in [-0.2, 0) is 17.1 Å². The van der Waals surface area contributed by atoms with Crippen LogP contribution in [0.3, 0.4) is 0 Å². The lowest BCUT2D eigenvalue weighted by Crippen LogP contribution is -2.44. The summed E-state index contributed by atoms with van der Waals surface area (Å²) in [4.78, 5) is 14.7. The molecule has 26 heavy (non-hydrogen) atoms. The summed E-state index contributed by atoms with van der Waals surface area (Å²) in [6, 6.07) is 19.4. The van der Waals surface area contributed by atoms with E-state index in [0.29, 0.717) is 11.8 Å². The zero-order valence-corrected chi connectivity index (χ0v) is 16.3. The lowest BCUT2D eigenvalue weighted by atomic mass is 10.0. The number of aryl methyl sites for hydroxylation is 1. The van der Waals surface area contributed by atoms with Gasteiger partial charge in [0.1, 0.15) is 0 Å². The van der Waals surface area contributed by atoms with Gasteiger partial charge in [0.05, 0.1) is 5.75 Å². The average molecular weight is 369 g/mol. The third kappa shape index (κ3) is 6.19. The van der Waals surface area contributed by atoms with Crippen LogP contribution in [0.25, 0.3) is 0 Å². The Morgan fingerprint density at radius 2 is 1.81 bits per heavy atom. The summed E-state index contributed by atoms with van der Waals surface area (Å²) in [6.45, 7) is 5.21. The van der Waals surface area contributed by atoms with Crippen LogP contribution >= 0.6 is 11.8 Å². The van der Waals surface area contributed by atoms with Gasteiger partial charge < -0.3 is 5.32 Å². The van der Waals surface area contributed by atoms with Gasteiger partial charge in [-0.15, -0.1) is 11.8 Å². The van der Waals surface area contributed by atoms with E-state index >= 15 is 0 Å². The van der Waals surface area contributed by atoms with Gasteiger partial charge in [-0.2, -0.15) is 0 Å². The molecule has 0 bridgehead atoms. The molecule has 1 amide bonds. The van der Waals surface area contributed by atoms with Crippen molar-refractivity contribution in [2.45, 2.75) is 38.1 Å². The Morgan fingerprint density at radius 3 is 2.54 bits per heavy atom. The van der Waals surface area contributed by atoms with Crippen LogP contribution in [0.4, 0.5) is 0 Å². The van der Waals surface area contributed by atoms with E-state index in [1.807, 2.05) is 0 Å². The van der Waals surface area contributed by atoms with Gasteiger partial charge in [0.2, 0.25) is 5.91 Å². The fourth-order valence-corrected chi connectivity index (χ4v) is 4.20. The lowest BCUT2D eigenvalue weighted by molar-refractivity contribution is -0.119. The molecule has 1 saturated heterocycles. The molecular formula is C22H28N2OS. The summed E-state index contributed by atoms with van der Waals surface area (Å²) in [5, 5.41) is 3.21. The monoisotopic (exact) mass is 368 g/mol. The Kier molecular flexibility index (Phi) is 7.15. The van der Waals surface area contributed by atoms with Crippen molar-refractivity contribution in [2.75, 3.05) is 18.8 Å². The summed E-state index contributed by atoms with van der Waals surface area (Å²) in [5.41, 5.74) is 3.93. The van der Waals surface area contributed by atoms with Crippen molar-refractivity contribution in [2.24, 2.45) is 0 Å². The number of hydrogen-bond donors (Lipinski definition) is 1. The third-order valence-electron chi connectivity index (χ3n) is 4.79. The molecule has 1 aliphatic heterocycles. The van der Waals surface area contributed by atoms with E-state index in [9.17, 15) is 4.79 Å². The maximum absolute atomic E-state index is 12.2. The van der Waals surface area contributed by atoms with Gasteiger partial charge in [-0.05, 0) is 30.9 Å². The quantitative estimate of drug-likeness (QED) is 0.801. The number of nitrogens with one attached hydrogen (secondary N) is 1. The highest BCUT2D eigenvalue weighted by Crippen LogP contribution is 2.16. The predicted molar refractivity (Wildman–Crippen MR) is 110 cm³/mol. The van der Waals surface area contributed by atoms with E-state index in [0.717, 1.165) is 38.2 Å². The highest BCUT2D eigenvalue weighted by molar-refractivity contribution is 7.99. The van der Waals surface area contributed by atoms with E-state index < -0.39 is 0 Å². The molecule has 0 saturated carbocycles. The average Bonchev–Trinajstić information content (AvgIpc) is 2.64. The molecule has 3 nitrogen and oxygen atoms in total. The Balaban J connectivity index is 1.33. The molecule has 0 spiro atoms. The van der Waals surface area contributed by atoms with Crippen molar-refractivity contribution >= 4 is 17.7 Å². The van der Waals surface area contributed by atoms with Gasteiger partial charge in [-0.1, -0.05) is 60.2 Å². The second-order valence-corrected chi connectivity index (χ2v) is 8.07. The fraction of sp³-hybridized carbons (Fsp3) is 0.409. The minimum absolute atomic E-state index is 0.171. The predicted octanol–water partition coefficient (Wildman–Crippen LogP) is 4.01. The Morgan fingerprint density at radius 1 is 1.08 bits per heavy atom. The fourth-order valence-electron chi connectivity index (χ4n) is 3.41. The highest BCUT2D eigenvalue weighted by Gasteiger charge is 2.20. The molecular weight excluding hydrogens is 340 g/mol. The molecule has 2 aromatic rings. The van der Waals surface area contributed by atoms with Gasteiger partial charge in [-0.25, -0.2) is 0 Å². The largest absolute Gasteiger partial charge is 0.353 e. The lowest BCUT2D eigenvalue weighted by Gasteiger charge is -2.32. The number of piperidine rings is 1. The van der Waals surface area contributed by atoms with Crippen molar-refractivity contribution in [1.82, 2.24) is 10.2 Å². The minimum Gasteiger partial charge on any atom is -0.353 e. The maximum Gasteiger partial charge on any atom is 0.230 e. The molecule has 1 heterocycles. The van der Waals surface area contributed by atoms with Gasteiger partial charge in [-0.3, -0.25) is 9.69 Å². The Labute approximate surface area is 161 Å². The molecule has 1 fully saturated rings. The van der Waals surface area contributed by atoms with Crippen molar-refractivity contribution in [3.05, 3.63) is 71.3 Å². The number of amides is 1. The first kappa shape index (κ1) is 19.0. The highest BCUT2D eigenvalue weighted by atomic mass is 32.2. The summed E-state index contributed by atoms with van der Waals surface area (Å²) in [7, 11) is 0. The number of hydrogen-bond acceptors (Lipinski definition) is 3. The van der Waals surface area contributed by atoms with Crippen LogP contribution in [0.15, 0.2) is 54.6 Å². The number of thioether (sulfide) groups is 1. The van der Waals surface area contributed by atoms with E-state index in [4.69, 9.17) is 0 Å². The Hall–Kier alpha value is -1.78. The molecule has 0 aromatic heterocycles. The van der Waals surface area contributed by atoms with Crippen LogP contribution in [-0.4, -0.2) is 35.7 Å². The van der Waals surface area contributed by atoms with E-state index in [1.165, 1.54) is 16.7 Å². The molecule has 0 aliphatic carbocycles. The van der Waals surface area contributed by atoms with Crippen molar-refractivity contribution in [3.63, 3.8) is 0 Å². The zero-order valence-electron chi connectivity index (χ0n) is 15.5. The van der Waals surface area contributed by atoms with E-state index in [2.05, 4.69) is 71.7 Å². The van der Waals surface area contributed by atoms with Crippen LogP contribution in [0.2, 0.25) is 0 Å². The third-order valence-corrected chi connectivity index (χ3v) is 5.79. The van der Waals surface area contributed by atoms with Crippen LogP contribution in [0.1, 0.15) is 29.5 Å². The van der Waals surface area contributed by atoms with Crippen molar-refractivity contribution < 1.29 is 4.79 Å². The molecule has 4 heteroatoms. The second-order valence-electron chi connectivity index (χ2n) is 7.09. The van der Waals surface area contributed by atoms with Crippen LogP contribution < -0.4 is 5.32 Å². The first-order valence-corrected chi connectivity index (χ1v) is 10.5. The molecule has 1 aliphatic rings. The normalized spacial score (nSPS) is 15.7. The summed E-state index contributed by atoms with van der Waals surface area (Å²) in [5.74, 6) is 1.60. The number of carbonyl (C=O) groups excluding carboxylic acids is 1. The topological polar surface area (TPSA) is 32.3 Å². The molecule has 0 radical (unpaired) electrons.